The molecule has 1 aliphatic heterocycles. The van der Waals surface area contributed by atoms with Gasteiger partial charge in [0.05, 0.1) is 5.54 Å². The SMILES string of the molecule is CSC(=S)OC1CCN(C(=O)O)C(Cc2ccccc2)(c2ccccc2)C1. The minimum Gasteiger partial charge on any atom is -0.475 e. The maximum absolute atomic E-state index is 12.2. The van der Waals surface area contributed by atoms with Gasteiger partial charge in [-0.05, 0) is 29.6 Å². The number of rotatable bonds is 4. The average Bonchev–Trinajstić information content (AvgIpc) is 2.69. The Bertz CT molecular complexity index is 785. The van der Waals surface area contributed by atoms with Crippen LogP contribution in [0.3, 0.4) is 0 Å². The van der Waals surface area contributed by atoms with Crippen molar-refractivity contribution in [1.82, 2.24) is 4.90 Å². The highest BCUT2D eigenvalue weighted by atomic mass is 32.2. The van der Waals surface area contributed by atoms with Crippen LogP contribution >= 0.6 is 24.0 Å². The van der Waals surface area contributed by atoms with Gasteiger partial charge in [0.2, 0.25) is 4.38 Å². The lowest BCUT2D eigenvalue weighted by Crippen LogP contribution is -2.56. The third-order valence-corrected chi connectivity index (χ3v) is 6.09. The Morgan fingerprint density at radius 3 is 2.44 bits per heavy atom. The topological polar surface area (TPSA) is 49.8 Å². The quantitative estimate of drug-likeness (QED) is 0.736. The van der Waals surface area contributed by atoms with Gasteiger partial charge in [0.15, 0.2) is 0 Å². The summed E-state index contributed by atoms with van der Waals surface area (Å²) in [6.45, 7) is 0.415. The summed E-state index contributed by atoms with van der Waals surface area (Å²) in [6.07, 6.45) is 2.68. The highest BCUT2D eigenvalue weighted by Gasteiger charge is 2.47. The van der Waals surface area contributed by atoms with Crippen LogP contribution in [0, 0.1) is 0 Å². The van der Waals surface area contributed by atoms with Crippen LogP contribution in [0.15, 0.2) is 60.7 Å². The number of ether oxygens (including phenoxy) is 1. The second-order valence-electron chi connectivity index (χ2n) is 6.68. The fourth-order valence-corrected chi connectivity index (χ4v) is 4.23. The molecule has 2 aromatic carbocycles. The van der Waals surface area contributed by atoms with Crippen molar-refractivity contribution in [1.29, 1.82) is 0 Å². The molecule has 1 saturated heterocycles. The molecular weight excluding hydrogens is 378 g/mol. The molecule has 2 unspecified atom stereocenters. The van der Waals surface area contributed by atoms with Gasteiger partial charge in [-0.15, -0.1) is 0 Å². The van der Waals surface area contributed by atoms with Crippen molar-refractivity contribution >= 4 is 34.5 Å². The van der Waals surface area contributed by atoms with E-state index >= 15 is 0 Å². The second kappa shape index (κ2) is 8.76. The predicted molar refractivity (Wildman–Crippen MR) is 113 cm³/mol. The highest BCUT2D eigenvalue weighted by Crippen LogP contribution is 2.42. The van der Waals surface area contributed by atoms with Gasteiger partial charge in [-0.25, -0.2) is 4.79 Å². The molecule has 0 spiro atoms. The number of piperidine rings is 1. The average molecular weight is 402 g/mol. The Morgan fingerprint density at radius 1 is 1.22 bits per heavy atom. The van der Waals surface area contributed by atoms with E-state index in [0.717, 1.165) is 11.1 Å². The Hall–Kier alpha value is -2.05. The maximum atomic E-state index is 12.2. The first-order valence-electron chi connectivity index (χ1n) is 8.90. The molecule has 4 nitrogen and oxygen atoms in total. The van der Waals surface area contributed by atoms with Crippen LogP contribution in [-0.4, -0.2) is 39.4 Å². The van der Waals surface area contributed by atoms with Crippen molar-refractivity contribution in [2.24, 2.45) is 0 Å². The molecule has 0 saturated carbocycles. The van der Waals surface area contributed by atoms with Gasteiger partial charge >= 0.3 is 6.09 Å². The first-order valence-corrected chi connectivity index (χ1v) is 10.5. The summed E-state index contributed by atoms with van der Waals surface area (Å²) in [5, 5.41) is 9.98. The lowest BCUT2D eigenvalue weighted by atomic mass is 9.75. The normalized spacial score (nSPS) is 22.3. The zero-order chi connectivity index (χ0) is 19.3. The molecule has 27 heavy (non-hydrogen) atoms. The van der Waals surface area contributed by atoms with Gasteiger partial charge in [-0.1, -0.05) is 72.4 Å². The van der Waals surface area contributed by atoms with Gasteiger partial charge < -0.3 is 9.84 Å². The summed E-state index contributed by atoms with van der Waals surface area (Å²) in [4.78, 5) is 13.8. The Labute approximate surface area is 169 Å². The second-order valence-corrected chi connectivity index (χ2v) is 8.09. The number of nitrogens with zero attached hydrogens (tertiary/aromatic N) is 1. The number of amides is 1. The van der Waals surface area contributed by atoms with Crippen LogP contribution in [0.4, 0.5) is 4.79 Å². The van der Waals surface area contributed by atoms with Gasteiger partial charge in [0.1, 0.15) is 6.10 Å². The van der Waals surface area contributed by atoms with Crippen molar-refractivity contribution in [3.8, 4) is 0 Å². The monoisotopic (exact) mass is 401 g/mol. The molecular formula is C21H23NO3S2. The van der Waals surface area contributed by atoms with Gasteiger partial charge in [0.25, 0.3) is 0 Å². The van der Waals surface area contributed by atoms with Gasteiger partial charge in [-0.2, -0.15) is 0 Å². The van der Waals surface area contributed by atoms with Crippen LogP contribution in [0.2, 0.25) is 0 Å². The van der Waals surface area contributed by atoms with Crippen LogP contribution in [-0.2, 0) is 16.7 Å². The van der Waals surface area contributed by atoms with Crippen LogP contribution < -0.4 is 0 Å². The summed E-state index contributed by atoms with van der Waals surface area (Å²) in [6, 6.07) is 19.9. The van der Waals surface area contributed by atoms with Crippen molar-refractivity contribution < 1.29 is 14.6 Å². The van der Waals surface area contributed by atoms with E-state index in [0.29, 0.717) is 30.2 Å². The highest BCUT2D eigenvalue weighted by molar-refractivity contribution is 8.22. The van der Waals surface area contributed by atoms with E-state index in [-0.39, 0.29) is 6.10 Å². The molecule has 1 heterocycles. The standard InChI is InChI=1S/C21H23NO3S2/c1-27-20(26)25-18-12-13-22(19(23)24)21(15-18,17-10-6-3-7-11-17)14-16-8-4-2-5-9-16/h2-11,18H,12-15H2,1H3,(H,23,24). The molecule has 1 fully saturated rings. The van der Waals surface area contributed by atoms with E-state index in [4.69, 9.17) is 17.0 Å². The van der Waals surface area contributed by atoms with Crippen molar-refractivity contribution in [2.45, 2.75) is 30.9 Å². The van der Waals surface area contributed by atoms with E-state index in [2.05, 4.69) is 0 Å². The summed E-state index contributed by atoms with van der Waals surface area (Å²) in [5.41, 5.74) is 1.39. The number of hydrogen-bond donors (Lipinski definition) is 1. The van der Waals surface area contributed by atoms with Gasteiger partial charge in [0, 0.05) is 25.8 Å². The fraction of sp³-hybridized carbons (Fsp3) is 0.333. The molecule has 3 rings (SSSR count). The van der Waals surface area contributed by atoms with Gasteiger partial charge in [-0.3, -0.25) is 4.90 Å². The molecule has 0 aliphatic carbocycles. The number of thiocarbonyl (C=S) groups is 1. The fourth-order valence-electron chi connectivity index (χ4n) is 3.86. The van der Waals surface area contributed by atoms with Crippen molar-refractivity contribution in [2.75, 3.05) is 12.8 Å². The van der Waals surface area contributed by atoms with E-state index in [1.807, 2.05) is 66.9 Å². The minimum atomic E-state index is -0.902. The van der Waals surface area contributed by atoms with E-state index < -0.39 is 11.6 Å². The van der Waals surface area contributed by atoms with Crippen LogP contribution in [0.25, 0.3) is 0 Å². The summed E-state index contributed by atoms with van der Waals surface area (Å²) in [7, 11) is 0. The van der Waals surface area contributed by atoms with E-state index in [1.165, 1.54) is 11.8 Å². The molecule has 0 radical (unpaired) electrons. The minimum absolute atomic E-state index is 0.107. The molecule has 1 N–H and O–H groups in total. The molecule has 2 aromatic rings. The van der Waals surface area contributed by atoms with E-state index in [9.17, 15) is 9.90 Å². The molecule has 1 aliphatic rings. The molecule has 6 heteroatoms. The number of thioether (sulfide) groups is 1. The van der Waals surface area contributed by atoms with Crippen molar-refractivity contribution in [3.05, 3.63) is 71.8 Å². The summed E-state index contributed by atoms with van der Waals surface area (Å²) >= 11 is 6.65. The number of likely N-dealkylation sites (tertiary alicyclic amines) is 1. The van der Waals surface area contributed by atoms with E-state index in [1.54, 1.807) is 4.90 Å². The number of carbonyl (C=O) groups is 1. The third kappa shape index (κ3) is 4.45. The molecule has 0 bridgehead atoms. The summed E-state index contributed by atoms with van der Waals surface area (Å²) < 4.78 is 6.46. The molecule has 1 amide bonds. The zero-order valence-electron chi connectivity index (χ0n) is 15.2. The van der Waals surface area contributed by atoms with Crippen molar-refractivity contribution in [3.63, 3.8) is 0 Å². The first kappa shape index (κ1) is 19.7. The smallest absolute Gasteiger partial charge is 0.408 e. The Morgan fingerprint density at radius 2 is 1.85 bits per heavy atom. The zero-order valence-corrected chi connectivity index (χ0v) is 16.8. The molecule has 2 atom stereocenters. The molecule has 142 valence electrons. The van der Waals surface area contributed by atoms with Crippen LogP contribution in [0.1, 0.15) is 24.0 Å². The number of hydrogen-bond acceptors (Lipinski definition) is 4. The largest absolute Gasteiger partial charge is 0.475 e. The lowest BCUT2D eigenvalue weighted by molar-refractivity contribution is -0.00713. The Kier molecular flexibility index (Phi) is 6.39. The maximum Gasteiger partial charge on any atom is 0.408 e. The lowest BCUT2D eigenvalue weighted by Gasteiger charge is -2.48. The number of carboxylic acid groups (broad SMARTS) is 1. The summed E-state index contributed by atoms with van der Waals surface area (Å²) in [5.74, 6) is 0. The number of benzene rings is 2. The first-order chi connectivity index (χ1) is 13.0. The molecule has 0 aromatic heterocycles. The Balaban J connectivity index is 2.04. The predicted octanol–water partition coefficient (Wildman–Crippen LogP) is 4.93. The van der Waals surface area contributed by atoms with Crippen LogP contribution in [0.5, 0.6) is 0 Å². The third-order valence-electron chi connectivity index (χ3n) is 5.07.